The Hall–Kier alpha value is -0.908. The monoisotopic (exact) mass is 376 g/mol. The minimum atomic E-state index is 0. The van der Waals surface area contributed by atoms with Crippen molar-refractivity contribution in [2.75, 3.05) is 0 Å². The molecule has 0 spiro atoms. The molecule has 1 heterocycles. The van der Waals surface area contributed by atoms with Gasteiger partial charge in [-0.3, -0.25) is 4.68 Å². The molecule has 0 aliphatic heterocycles. The van der Waals surface area contributed by atoms with E-state index in [1.165, 1.54) is 27.9 Å². The van der Waals surface area contributed by atoms with E-state index in [4.69, 9.17) is 5.10 Å². The summed E-state index contributed by atoms with van der Waals surface area (Å²) in [7, 11) is 0. The topological polar surface area (TPSA) is 17.8 Å². The summed E-state index contributed by atoms with van der Waals surface area (Å²) < 4.78 is 2.13. The Morgan fingerprint density at radius 3 is 1.90 bits per heavy atom. The van der Waals surface area contributed by atoms with Crippen molar-refractivity contribution in [1.29, 1.82) is 0 Å². The number of nitrogens with zero attached hydrogens (tertiary/aromatic N) is 2. The van der Waals surface area contributed by atoms with E-state index in [-0.39, 0.29) is 20.4 Å². The van der Waals surface area contributed by atoms with Crippen LogP contribution in [-0.4, -0.2) is 9.78 Å². The molecule has 0 radical (unpaired) electrons. The summed E-state index contributed by atoms with van der Waals surface area (Å²) in [4.78, 5) is 0. The summed E-state index contributed by atoms with van der Waals surface area (Å²) in [6.45, 7) is 13.1. The maximum Gasteiger partial charge on any atom is 0.0675 e. The summed E-state index contributed by atoms with van der Waals surface area (Å²) in [5.74, 6) is 0. The van der Waals surface area contributed by atoms with Gasteiger partial charge in [-0.1, -0.05) is 32.0 Å². The van der Waals surface area contributed by atoms with E-state index < -0.39 is 0 Å². The van der Waals surface area contributed by atoms with Gasteiger partial charge in [0, 0.05) is 37.7 Å². The number of benzene rings is 1. The molecule has 0 fully saturated rings. The molecule has 2 nitrogen and oxygen atoms in total. The van der Waals surface area contributed by atoms with E-state index in [1.807, 2.05) is 0 Å². The molecule has 3 heteroatoms. The summed E-state index contributed by atoms with van der Waals surface area (Å²) in [5, 5.41) is 4.71. The van der Waals surface area contributed by atoms with Gasteiger partial charge in [-0.05, 0) is 57.2 Å². The van der Waals surface area contributed by atoms with E-state index in [2.05, 4.69) is 64.4 Å². The van der Waals surface area contributed by atoms with Gasteiger partial charge in [0.15, 0.2) is 0 Å². The van der Waals surface area contributed by atoms with Crippen LogP contribution in [0.2, 0.25) is 0 Å². The molecule has 2 aromatic rings. The number of rotatable bonds is 4. The number of aromatic nitrogens is 2. The predicted molar refractivity (Wildman–Crippen MR) is 86.3 cm³/mol. The SMILES string of the molecule is CCc1cc(CC)cc(-c2c(C)nn(C(C)C)c2C)c1.[Pd]. The molecule has 0 unspecified atom stereocenters. The summed E-state index contributed by atoms with van der Waals surface area (Å²) in [6.07, 6.45) is 2.16. The van der Waals surface area contributed by atoms with Gasteiger partial charge in [0.1, 0.15) is 0 Å². The molecule has 0 aliphatic rings. The summed E-state index contributed by atoms with van der Waals surface area (Å²) in [6, 6.07) is 7.37. The molecule has 0 atom stereocenters. The first-order valence-corrected chi connectivity index (χ1v) is 7.66. The zero-order chi connectivity index (χ0) is 14.9. The number of aryl methyl sites for hydroxylation is 3. The van der Waals surface area contributed by atoms with Crippen LogP contribution in [0.3, 0.4) is 0 Å². The van der Waals surface area contributed by atoms with Crippen molar-refractivity contribution in [3.63, 3.8) is 0 Å². The minimum absolute atomic E-state index is 0. The molecule has 1 aromatic carbocycles. The van der Waals surface area contributed by atoms with E-state index in [9.17, 15) is 0 Å². The first kappa shape index (κ1) is 18.1. The standard InChI is InChI=1S/C18H26N2.Pd/c1-7-15-9-16(8-2)11-17(10-15)18-13(5)19-20(12(3)4)14(18)6;/h9-12H,7-8H2,1-6H3;. The number of hydrogen-bond acceptors (Lipinski definition) is 1. The van der Waals surface area contributed by atoms with Crippen LogP contribution in [0, 0.1) is 13.8 Å². The van der Waals surface area contributed by atoms with Crippen molar-refractivity contribution in [2.45, 2.75) is 60.4 Å². The second kappa shape index (κ2) is 7.38. The van der Waals surface area contributed by atoms with Gasteiger partial charge >= 0.3 is 0 Å². The fourth-order valence-corrected chi connectivity index (χ4v) is 2.90. The molecule has 118 valence electrons. The van der Waals surface area contributed by atoms with E-state index in [0.29, 0.717) is 6.04 Å². The van der Waals surface area contributed by atoms with E-state index >= 15 is 0 Å². The van der Waals surface area contributed by atoms with Gasteiger partial charge in [-0.25, -0.2) is 0 Å². The van der Waals surface area contributed by atoms with Crippen LogP contribution in [0.4, 0.5) is 0 Å². The predicted octanol–water partition coefficient (Wildman–Crippen LogP) is 4.87. The first-order chi connectivity index (χ1) is 9.47. The Balaban J connectivity index is 0.00000220. The van der Waals surface area contributed by atoms with Crippen LogP contribution in [0.1, 0.15) is 56.3 Å². The zero-order valence-electron chi connectivity index (χ0n) is 13.9. The summed E-state index contributed by atoms with van der Waals surface area (Å²) in [5.41, 5.74) is 7.86. The Labute approximate surface area is 142 Å². The summed E-state index contributed by atoms with van der Waals surface area (Å²) >= 11 is 0. The molecule has 2 rings (SSSR count). The molecule has 0 amide bonds. The molecule has 0 bridgehead atoms. The van der Waals surface area contributed by atoms with Gasteiger partial charge < -0.3 is 0 Å². The first-order valence-electron chi connectivity index (χ1n) is 7.66. The van der Waals surface area contributed by atoms with Crippen molar-refractivity contribution in [3.05, 3.63) is 40.7 Å². The van der Waals surface area contributed by atoms with Crippen molar-refractivity contribution < 1.29 is 20.4 Å². The van der Waals surface area contributed by atoms with Gasteiger partial charge in [0.25, 0.3) is 0 Å². The molecule has 21 heavy (non-hydrogen) atoms. The fraction of sp³-hybridized carbons (Fsp3) is 0.500. The second-order valence-corrected chi connectivity index (χ2v) is 5.83. The molecule has 0 saturated carbocycles. The molecule has 0 N–H and O–H groups in total. The Kier molecular flexibility index (Phi) is 6.38. The second-order valence-electron chi connectivity index (χ2n) is 5.83. The molecule has 1 aromatic heterocycles. The van der Waals surface area contributed by atoms with Crippen LogP contribution in [0.5, 0.6) is 0 Å². The average Bonchev–Trinajstić information content (AvgIpc) is 2.73. The quantitative estimate of drug-likeness (QED) is 0.696. The third-order valence-corrected chi connectivity index (χ3v) is 3.97. The maximum absolute atomic E-state index is 4.71. The molecule has 0 saturated heterocycles. The van der Waals surface area contributed by atoms with Gasteiger partial charge in [-0.15, -0.1) is 0 Å². The van der Waals surface area contributed by atoms with Crippen molar-refractivity contribution in [2.24, 2.45) is 0 Å². The Morgan fingerprint density at radius 1 is 1.00 bits per heavy atom. The molecular formula is C18H26N2Pd. The Morgan fingerprint density at radius 2 is 1.52 bits per heavy atom. The maximum atomic E-state index is 4.71. The third kappa shape index (κ3) is 3.65. The molecular weight excluding hydrogens is 351 g/mol. The van der Waals surface area contributed by atoms with Crippen LogP contribution >= 0.6 is 0 Å². The average molecular weight is 377 g/mol. The van der Waals surface area contributed by atoms with Crippen LogP contribution < -0.4 is 0 Å². The molecule has 0 aliphatic carbocycles. The third-order valence-electron chi connectivity index (χ3n) is 3.97. The van der Waals surface area contributed by atoms with E-state index in [0.717, 1.165) is 18.5 Å². The fourth-order valence-electron chi connectivity index (χ4n) is 2.90. The Bertz CT molecular complexity index is 590. The minimum Gasteiger partial charge on any atom is -0.266 e. The van der Waals surface area contributed by atoms with Crippen molar-refractivity contribution >= 4 is 0 Å². The van der Waals surface area contributed by atoms with Gasteiger partial charge in [-0.2, -0.15) is 5.10 Å². The normalized spacial score (nSPS) is 10.8. The zero-order valence-corrected chi connectivity index (χ0v) is 15.5. The van der Waals surface area contributed by atoms with Gasteiger partial charge in [0.05, 0.1) is 5.69 Å². The van der Waals surface area contributed by atoms with Crippen molar-refractivity contribution in [3.8, 4) is 11.1 Å². The largest absolute Gasteiger partial charge is 0.266 e. The van der Waals surface area contributed by atoms with Crippen LogP contribution in [-0.2, 0) is 33.3 Å². The van der Waals surface area contributed by atoms with Crippen molar-refractivity contribution in [1.82, 2.24) is 9.78 Å². The van der Waals surface area contributed by atoms with Gasteiger partial charge in [0.2, 0.25) is 0 Å². The van der Waals surface area contributed by atoms with Crippen LogP contribution in [0.15, 0.2) is 18.2 Å². The smallest absolute Gasteiger partial charge is 0.0675 e. The van der Waals surface area contributed by atoms with Crippen LogP contribution in [0.25, 0.3) is 11.1 Å². The van der Waals surface area contributed by atoms with E-state index in [1.54, 1.807) is 0 Å². The number of hydrogen-bond donors (Lipinski definition) is 0.